The highest BCUT2D eigenvalue weighted by Crippen LogP contribution is 2.35. The van der Waals surface area contributed by atoms with Crippen LogP contribution in [0.3, 0.4) is 0 Å². The van der Waals surface area contributed by atoms with Crippen molar-refractivity contribution in [3.8, 4) is 11.5 Å². The molecule has 0 aliphatic carbocycles. The Morgan fingerprint density at radius 3 is 2.62 bits per heavy atom. The molecule has 2 aromatic carbocycles. The van der Waals surface area contributed by atoms with E-state index in [9.17, 15) is 9.59 Å². The van der Waals surface area contributed by atoms with E-state index in [0.717, 1.165) is 18.5 Å². The van der Waals surface area contributed by atoms with Gasteiger partial charge in [-0.3, -0.25) is 9.69 Å². The summed E-state index contributed by atoms with van der Waals surface area (Å²) in [5, 5.41) is 2.58. The maximum atomic E-state index is 12.4. The Morgan fingerprint density at radius 2 is 1.97 bits per heavy atom. The van der Waals surface area contributed by atoms with Crippen molar-refractivity contribution in [2.45, 2.75) is 6.61 Å². The number of carbonyl (C=O) groups is 2. The summed E-state index contributed by atoms with van der Waals surface area (Å²) in [6.45, 7) is 4.11. The summed E-state index contributed by atoms with van der Waals surface area (Å²) in [5.74, 6) is 0.772. The van der Waals surface area contributed by atoms with Crippen LogP contribution in [-0.2, 0) is 11.4 Å². The number of carbonyl (C=O) groups excluding carboxylic acids is 2. The zero-order valence-electron chi connectivity index (χ0n) is 15.6. The lowest BCUT2D eigenvalue weighted by Crippen LogP contribution is -2.30. The molecule has 29 heavy (non-hydrogen) atoms. The normalized spacial score (nSPS) is 14.9. The van der Waals surface area contributed by atoms with Gasteiger partial charge in [0.1, 0.15) is 12.3 Å². The highest BCUT2D eigenvalue weighted by molar-refractivity contribution is 14.1. The van der Waals surface area contributed by atoms with Gasteiger partial charge < -0.3 is 14.8 Å². The van der Waals surface area contributed by atoms with Crippen LogP contribution in [0.4, 0.5) is 4.79 Å². The lowest BCUT2D eigenvalue weighted by Gasteiger charge is -2.14. The molecule has 0 spiro atoms. The van der Waals surface area contributed by atoms with Crippen molar-refractivity contribution in [3.05, 3.63) is 73.9 Å². The van der Waals surface area contributed by atoms with E-state index in [1.54, 1.807) is 19.3 Å². The van der Waals surface area contributed by atoms with Crippen LogP contribution in [-0.4, -0.2) is 30.5 Å². The van der Waals surface area contributed by atoms with Crippen LogP contribution in [0.1, 0.15) is 11.1 Å². The van der Waals surface area contributed by atoms with Gasteiger partial charge in [-0.1, -0.05) is 34.1 Å². The number of nitrogens with zero attached hydrogens (tertiary/aromatic N) is 1. The van der Waals surface area contributed by atoms with Gasteiger partial charge in [-0.15, -0.1) is 6.58 Å². The molecule has 0 bridgehead atoms. The van der Waals surface area contributed by atoms with Gasteiger partial charge >= 0.3 is 6.03 Å². The van der Waals surface area contributed by atoms with E-state index in [0.29, 0.717) is 23.7 Å². The Balaban J connectivity index is 1.83. The summed E-state index contributed by atoms with van der Waals surface area (Å²) in [5.41, 5.74) is 1.95. The molecule has 1 fully saturated rings. The molecular weight excluding hydrogens is 551 g/mol. The van der Waals surface area contributed by atoms with Gasteiger partial charge in [-0.2, -0.15) is 0 Å². The van der Waals surface area contributed by atoms with Crippen LogP contribution in [0.15, 0.2) is 59.2 Å². The quantitative estimate of drug-likeness (QED) is 0.227. The van der Waals surface area contributed by atoms with Crippen LogP contribution < -0.4 is 14.8 Å². The van der Waals surface area contributed by atoms with Crippen LogP contribution in [0.2, 0.25) is 0 Å². The number of hydrogen-bond donors (Lipinski definition) is 1. The molecule has 8 heteroatoms. The minimum absolute atomic E-state index is 0.158. The van der Waals surface area contributed by atoms with E-state index in [1.807, 2.05) is 30.3 Å². The van der Waals surface area contributed by atoms with Crippen LogP contribution >= 0.6 is 38.5 Å². The highest BCUT2D eigenvalue weighted by Gasteiger charge is 2.32. The zero-order chi connectivity index (χ0) is 21.0. The van der Waals surface area contributed by atoms with E-state index >= 15 is 0 Å². The molecule has 0 saturated carbocycles. The van der Waals surface area contributed by atoms with Crippen molar-refractivity contribution in [2.75, 3.05) is 13.7 Å². The minimum atomic E-state index is -0.461. The first-order chi connectivity index (χ1) is 13.9. The Bertz CT molecular complexity index is 989. The van der Waals surface area contributed by atoms with Gasteiger partial charge in [0.15, 0.2) is 11.5 Å². The minimum Gasteiger partial charge on any atom is -0.493 e. The summed E-state index contributed by atoms with van der Waals surface area (Å²) in [4.78, 5) is 25.4. The molecule has 0 radical (unpaired) electrons. The number of hydrogen-bond acceptors (Lipinski definition) is 4. The number of nitrogens with one attached hydrogen (secondary N) is 1. The van der Waals surface area contributed by atoms with Gasteiger partial charge in [0.25, 0.3) is 5.91 Å². The molecule has 3 rings (SSSR count). The third kappa shape index (κ3) is 4.99. The standard InChI is InChI=1S/C21H18BrIN2O4/c1-3-8-25-20(26)17(24-21(25)27)10-14-9-16(23)19(18(11-14)28-2)29-12-13-4-6-15(22)7-5-13/h3-7,9-11H,1,8,12H2,2H3,(H,24,27)/b17-10+. The number of ether oxygens (including phenoxy) is 2. The largest absolute Gasteiger partial charge is 0.493 e. The van der Waals surface area contributed by atoms with E-state index < -0.39 is 6.03 Å². The van der Waals surface area contributed by atoms with Crippen LogP contribution in [0.25, 0.3) is 6.08 Å². The fraction of sp³-hybridized carbons (Fsp3) is 0.143. The Morgan fingerprint density at radius 1 is 1.24 bits per heavy atom. The number of benzene rings is 2. The van der Waals surface area contributed by atoms with E-state index in [2.05, 4.69) is 50.4 Å². The SMILES string of the molecule is C=CCN1C(=O)N/C(=C/c2cc(I)c(OCc3ccc(Br)cc3)c(OC)c2)C1=O. The molecule has 1 saturated heterocycles. The number of amides is 3. The van der Waals surface area contributed by atoms with Gasteiger partial charge in [-0.25, -0.2) is 4.79 Å². The predicted octanol–water partition coefficient (Wildman–Crippen LogP) is 4.72. The Hall–Kier alpha value is -2.33. The molecule has 1 N–H and O–H groups in total. The van der Waals surface area contributed by atoms with Crippen molar-refractivity contribution in [1.29, 1.82) is 0 Å². The molecule has 3 amide bonds. The number of rotatable bonds is 7. The zero-order valence-corrected chi connectivity index (χ0v) is 19.3. The Labute approximate surface area is 190 Å². The summed E-state index contributed by atoms with van der Waals surface area (Å²) >= 11 is 5.57. The van der Waals surface area contributed by atoms with E-state index in [4.69, 9.17) is 9.47 Å². The van der Waals surface area contributed by atoms with Crippen molar-refractivity contribution < 1.29 is 19.1 Å². The first kappa shape index (κ1) is 21.4. The molecule has 6 nitrogen and oxygen atoms in total. The van der Waals surface area contributed by atoms with E-state index in [-0.39, 0.29) is 18.1 Å². The van der Waals surface area contributed by atoms with Crippen LogP contribution in [0.5, 0.6) is 11.5 Å². The van der Waals surface area contributed by atoms with E-state index in [1.165, 1.54) is 6.08 Å². The van der Waals surface area contributed by atoms with Gasteiger partial charge in [0, 0.05) is 11.0 Å². The molecule has 150 valence electrons. The summed E-state index contributed by atoms with van der Waals surface area (Å²) in [6.07, 6.45) is 3.12. The number of methoxy groups -OCH3 is 1. The predicted molar refractivity (Wildman–Crippen MR) is 123 cm³/mol. The maximum absolute atomic E-state index is 12.4. The lowest BCUT2D eigenvalue weighted by molar-refractivity contribution is -0.122. The first-order valence-electron chi connectivity index (χ1n) is 8.63. The maximum Gasteiger partial charge on any atom is 0.329 e. The monoisotopic (exact) mass is 568 g/mol. The smallest absolute Gasteiger partial charge is 0.329 e. The van der Waals surface area contributed by atoms with Gasteiger partial charge in [-0.05, 0) is 64.1 Å². The molecule has 0 aromatic heterocycles. The first-order valence-corrected chi connectivity index (χ1v) is 10.5. The summed E-state index contributed by atoms with van der Waals surface area (Å²) < 4.78 is 13.3. The molecule has 1 heterocycles. The second-order valence-electron chi connectivity index (χ2n) is 6.14. The second kappa shape index (κ2) is 9.45. The third-order valence-corrected chi connectivity index (χ3v) is 5.46. The average Bonchev–Trinajstić information content (AvgIpc) is 2.96. The summed E-state index contributed by atoms with van der Waals surface area (Å²) in [7, 11) is 1.56. The number of halogens is 2. The van der Waals surface area contributed by atoms with Crippen molar-refractivity contribution in [1.82, 2.24) is 10.2 Å². The van der Waals surface area contributed by atoms with Crippen LogP contribution in [0, 0.1) is 3.57 Å². The third-order valence-electron chi connectivity index (χ3n) is 4.13. The van der Waals surface area contributed by atoms with Gasteiger partial charge in [0.2, 0.25) is 0 Å². The number of urea groups is 1. The van der Waals surface area contributed by atoms with Gasteiger partial charge in [0.05, 0.1) is 10.7 Å². The lowest BCUT2D eigenvalue weighted by atomic mass is 10.1. The second-order valence-corrected chi connectivity index (χ2v) is 8.22. The average molecular weight is 569 g/mol. The molecule has 2 aromatic rings. The molecule has 1 aliphatic heterocycles. The topological polar surface area (TPSA) is 67.9 Å². The van der Waals surface area contributed by atoms with Crippen molar-refractivity contribution in [2.24, 2.45) is 0 Å². The highest BCUT2D eigenvalue weighted by atomic mass is 127. The fourth-order valence-electron chi connectivity index (χ4n) is 2.73. The fourth-order valence-corrected chi connectivity index (χ4v) is 3.78. The molecular formula is C21H18BrIN2O4. The molecule has 0 atom stereocenters. The Kier molecular flexibility index (Phi) is 6.96. The van der Waals surface area contributed by atoms with Crippen molar-refractivity contribution >= 4 is 56.5 Å². The van der Waals surface area contributed by atoms with Crippen molar-refractivity contribution in [3.63, 3.8) is 0 Å². The summed E-state index contributed by atoms with van der Waals surface area (Å²) in [6, 6.07) is 11.0. The number of imide groups is 1. The molecule has 1 aliphatic rings. The molecule has 0 unspecified atom stereocenters.